The van der Waals surface area contributed by atoms with E-state index in [4.69, 9.17) is 0 Å². The average molecular weight is 239 g/mol. The minimum absolute atomic E-state index is 0.394. The van der Waals surface area contributed by atoms with Crippen molar-refractivity contribution in [3.05, 3.63) is 0 Å². The van der Waals surface area contributed by atoms with E-state index in [1.807, 2.05) is 0 Å². The van der Waals surface area contributed by atoms with Crippen LogP contribution in [0.25, 0.3) is 0 Å². The summed E-state index contributed by atoms with van der Waals surface area (Å²) in [5.74, 6) is 0.448. The van der Waals surface area contributed by atoms with E-state index in [9.17, 15) is 4.79 Å². The third-order valence-corrected chi connectivity index (χ3v) is 3.68. The second-order valence-electron chi connectivity index (χ2n) is 5.62. The minimum Gasteiger partial charge on any atom is -0.311 e. The van der Waals surface area contributed by atoms with Crippen LogP contribution in [0.1, 0.15) is 78.1 Å². The molecule has 2 heteroatoms. The Labute approximate surface area is 107 Å². The van der Waals surface area contributed by atoms with Gasteiger partial charge in [0.05, 0.1) is 0 Å². The Morgan fingerprint density at radius 1 is 1.06 bits per heavy atom. The van der Waals surface area contributed by atoms with Gasteiger partial charge in [-0.2, -0.15) is 0 Å². The number of unbranched alkanes of at least 4 members (excludes halogenated alkanes) is 6. The van der Waals surface area contributed by atoms with Gasteiger partial charge in [-0.1, -0.05) is 51.9 Å². The summed E-state index contributed by atoms with van der Waals surface area (Å²) in [5.41, 5.74) is 0. The van der Waals surface area contributed by atoms with Crippen LogP contribution in [0.15, 0.2) is 0 Å². The van der Waals surface area contributed by atoms with Crippen molar-refractivity contribution >= 4 is 5.78 Å². The molecule has 2 nitrogen and oxygen atoms in total. The van der Waals surface area contributed by atoms with Crippen molar-refractivity contribution in [2.45, 2.75) is 90.1 Å². The van der Waals surface area contributed by atoms with Crippen LogP contribution >= 0.6 is 0 Å². The molecule has 1 aliphatic rings. The first-order valence-electron chi connectivity index (χ1n) is 7.50. The van der Waals surface area contributed by atoms with Crippen LogP contribution in [-0.4, -0.2) is 17.9 Å². The van der Waals surface area contributed by atoms with Crippen LogP contribution in [0, 0.1) is 0 Å². The zero-order valence-electron chi connectivity index (χ0n) is 11.6. The highest BCUT2D eigenvalue weighted by atomic mass is 16.1. The third-order valence-electron chi connectivity index (χ3n) is 3.68. The predicted octanol–water partition coefficient (Wildman–Crippen LogP) is 3.84. The Kier molecular flexibility index (Phi) is 7.50. The molecule has 0 aromatic heterocycles. The Morgan fingerprint density at radius 3 is 2.35 bits per heavy atom. The molecule has 1 fully saturated rings. The molecule has 100 valence electrons. The topological polar surface area (TPSA) is 29.1 Å². The number of hydrogen-bond acceptors (Lipinski definition) is 2. The fraction of sp³-hybridized carbons (Fsp3) is 0.933. The second kappa shape index (κ2) is 8.68. The molecule has 0 amide bonds. The maximum absolute atomic E-state index is 11.5. The second-order valence-corrected chi connectivity index (χ2v) is 5.62. The number of hydrogen-bond donors (Lipinski definition) is 1. The molecule has 1 heterocycles. The molecule has 1 rings (SSSR count). The molecule has 0 spiro atoms. The van der Waals surface area contributed by atoms with Gasteiger partial charge in [0.1, 0.15) is 5.78 Å². The van der Waals surface area contributed by atoms with Crippen LogP contribution in [0.4, 0.5) is 0 Å². The molecular weight excluding hydrogens is 210 g/mol. The molecule has 0 aliphatic carbocycles. The minimum atomic E-state index is 0.394. The molecule has 1 saturated heterocycles. The van der Waals surface area contributed by atoms with Crippen LogP contribution in [0.5, 0.6) is 0 Å². The molecule has 1 aliphatic heterocycles. The van der Waals surface area contributed by atoms with E-state index in [-0.39, 0.29) is 0 Å². The van der Waals surface area contributed by atoms with E-state index >= 15 is 0 Å². The summed E-state index contributed by atoms with van der Waals surface area (Å²) in [4.78, 5) is 11.5. The van der Waals surface area contributed by atoms with Gasteiger partial charge in [0, 0.05) is 24.9 Å². The molecule has 0 radical (unpaired) electrons. The lowest BCUT2D eigenvalue weighted by Gasteiger charge is -2.27. The molecule has 0 aromatic carbocycles. The highest BCUT2D eigenvalue weighted by molar-refractivity contribution is 5.80. The van der Waals surface area contributed by atoms with E-state index in [2.05, 4.69) is 19.2 Å². The number of ketones is 1. The fourth-order valence-corrected chi connectivity index (χ4v) is 2.75. The average Bonchev–Trinajstić information content (AvgIpc) is 2.26. The van der Waals surface area contributed by atoms with E-state index in [0.29, 0.717) is 17.9 Å². The first kappa shape index (κ1) is 14.7. The van der Waals surface area contributed by atoms with E-state index in [1.54, 1.807) is 0 Å². The van der Waals surface area contributed by atoms with Crippen molar-refractivity contribution in [2.75, 3.05) is 0 Å². The Morgan fingerprint density at radius 2 is 1.71 bits per heavy atom. The van der Waals surface area contributed by atoms with Gasteiger partial charge in [-0.05, 0) is 13.3 Å². The number of piperidine rings is 1. The fourth-order valence-electron chi connectivity index (χ4n) is 2.75. The summed E-state index contributed by atoms with van der Waals surface area (Å²) in [6.07, 6.45) is 12.2. The van der Waals surface area contributed by atoms with Crippen molar-refractivity contribution in [1.82, 2.24) is 5.32 Å². The maximum atomic E-state index is 11.5. The molecule has 0 saturated carbocycles. The molecule has 2 atom stereocenters. The predicted molar refractivity (Wildman–Crippen MR) is 73.2 cm³/mol. The Bertz CT molecular complexity index is 215. The first-order chi connectivity index (χ1) is 8.22. The molecule has 17 heavy (non-hydrogen) atoms. The largest absolute Gasteiger partial charge is 0.311 e. The van der Waals surface area contributed by atoms with Crippen molar-refractivity contribution in [1.29, 1.82) is 0 Å². The maximum Gasteiger partial charge on any atom is 0.136 e. The van der Waals surface area contributed by atoms with Crippen LogP contribution in [-0.2, 0) is 4.79 Å². The summed E-state index contributed by atoms with van der Waals surface area (Å²) in [5, 5.41) is 3.54. The lowest BCUT2D eigenvalue weighted by Crippen LogP contribution is -2.44. The molecule has 0 aromatic rings. The SMILES string of the molecule is CCCCCCCCC[C@@H]1CC(=O)C[C@H](C)N1. The lowest BCUT2D eigenvalue weighted by atomic mass is 9.94. The van der Waals surface area contributed by atoms with Gasteiger partial charge in [-0.3, -0.25) is 4.79 Å². The zero-order chi connectivity index (χ0) is 12.5. The quantitative estimate of drug-likeness (QED) is 0.652. The van der Waals surface area contributed by atoms with Gasteiger partial charge in [0.2, 0.25) is 0 Å². The highest BCUT2D eigenvalue weighted by Gasteiger charge is 2.22. The van der Waals surface area contributed by atoms with Crippen LogP contribution in [0.3, 0.4) is 0 Å². The van der Waals surface area contributed by atoms with Crippen LogP contribution < -0.4 is 5.32 Å². The zero-order valence-corrected chi connectivity index (χ0v) is 11.6. The van der Waals surface area contributed by atoms with E-state index < -0.39 is 0 Å². The molecule has 1 N–H and O–H groups in total. The summed E-state index contributed by atoms with van der Waals surface area (Å²) in [6, 6.07) is 0.854. The molecule has 0 bridgehead atoms. The van der Waals surface area contributed by atoms with Crippen molar-refractivity contribution in [3.8, 4) is 0 Å². The normalized spacial score (nSPS) is 25.2. The van der Waals surface area contributed by atoms with Gasteiger partial charge in [-0.25, -0.2) is 0 Å². The lowest BCUT2D eigenvalue weighted by molar-refractivity contribution is -0.121. The Balaban J connectivity index is 1.97. The highest BCUT2D eigenvalue weighted by Crippen LogP contribution is 2.16. The number of Topliss-reactive ketones (excluding diaryl/α,β-unsaturated/α-hetero) is 1. The van der Waals surface area contributed by atoms with Crippen molar-refractivity contribution in [3.63, 3.8) is 0 Å². The van der Waals surface area contributed by atoms with Gasteiger partial charge < -0.3 is 5.32 Å². The van der Waals surface area contributed by atoms with Gasteiger partial charge in [0.25, 0.3) is 0 Å². The monoisotopic (exact) mass is 239 g/mol. The molecule has 0 unspecified atom stereocenters. The van der Waals surface area contributed by atoms with E-state index in [1.165, 1.54) is 51.4 Å². The van der Waals surface area contributed by atoms with Crippen molar-refractivity contribution in [2.24, 2.45) is 0 Å². The number of rotatable bonds is 8. The summed E-state index contributed by atoms with van der Waals surface area (Å²) < 4.78 is 0. The third kappa shape index (κ3) is 6.82. The first-order valence-corrected chi connectivity index (χ1v) is 7.50. The Hall–Kier alpha value is -0.370. The standard InChI is InChI=1S/C15H29NO/c1-3-4-5-6-7-8-9-10-14-12-15(17)11-13(2)16-14/h13-14,16H,3-12H2,1-2H3/t13-,14+/m0/s1. The summed E-state index contributed by atoms with van der Waals surface area (Å²) in [7, 11) is 0. The summed E-state index contributed by atoms with van der Waals surface area (Å²) in [6.45, 7) is 4.38. The number of nitrogens with one attached hydrogen (secondary N) is 1. The number of carbonyl (C=O) groups is 1. The van der Waals surface area contributed by atoms with Gasteiger partial charge in [0.15, 0.2) is 0 Å². The van der Waals surface area contributed by atoms with Gasteiger partial charge >= 0.3 is 0 Å². The van der Waals surface area contributed by atoms with Gasteiger partial charge in [-0.15, -0.1) is 0 Å². The smallest absolute Gasteiger partial charge is 0.136 e. The summed E-state index contributed by atoms with van der Waals surface area (Å²) >= 11 is 0. The van der Waals surface area contributed by atoms with E-state index in [0.717, 1.165) is 12.8 Å². The number of carbonyl (C=O) groups excluding carboxylic acids is 1. The van der Waals surface area contributed by atoms with Crippen molar-refractivity contribution < 1.29 is 4.79 Å². The molecular formula is C15H29NO. The van der Waals surface area contributed by atoms with Crippen LogP contribution in [0.2, 0.25) is 0 Å².